The van der Waals surface area contributed by atoms with Crippen LogP contribution < -0.4 is 5.32 Å². The Labute approximate surface area is 122 Å². The first-order chi connectivity index (χ1) is 9.36. The van der Waals surface area contributed by atoms with Crippen molar-refractivity contribution >= 4 is 23.2 Å². The van der Waals surface area contributed by atoms with Crippen LogP contribution in [0.2, 0.25) is 5.02 Å². The van der Waals surface area contributed by atoms with Gasteiger partial charge < -0.3 is 10.2 Å². The highest BCUT2D eigenvalue weighted by Crippen LogP contribution is 2.21. The van der Waals surface area contributed by atoms with Crippen LogP contribution in [0.25, 0.3) is 0 Å². The maximum atomic E-state index is 11.9. The molecule has 0 spiro atoms. The first-order valence-corrected chi connectivity index (χ1v) is 6.65. The monoisotopic (exact) mass is 299 g/mol. The van der Waals surface area contributed by atoms with Gasteiger partial charge in [0.1, 0.15) is 0 Å². The molecule has 0 heterocycles. The molecule has 0 bridgehead atoms. The number of benzene rings is 1. The molecule has 0 fully saturated rings. The molecule has 0 aliphatic rings. The number of halogens is 1. The molecule has 0 aromatic heterocycles. The number of nitro groups is 1. The first kappa shape index (κ1) is 16.4. The number of nitro benzene ring substituents is 1. The largest absolute Gasteiger partial charge is 0.345 e. The fraction of sp³-hybridized carbons (Fsp3) is 0.462. The SMILES string of the molecule is CCN(C)C(=O)C(C)NCc1cc([N+](=O)[O-])ccc1Cl. The molecule has 1 atom stereocenters. The molecule has 6 nitrogen and oxygen atoms in total. The Balaban J connectivity index is 2.72. The molecule has 20 heavy (non-hydrogen) atoms. The lowest BCUT2D eigenvalue weighted by molar-refractivity contribution is -0.384. The quantitative estimate of drug-likeness (QED) is 0.645. The molecule has 0 radical (unpaired) electrons. The molecule has 7 heteroatoms. The molecular formula is C13H18ClN3O3. The summed E-state index contributed by atoms with van der Waals surface area (Å²) in [5.41, 5.74) is 0.579. The van der Waals surface area contributed by atoms with E-state index in [9.17, 15) is 14.9 Å². The predicted molar refractivity (Wildman–Crippen MR) is 77.7 cm³/mol. The summed E-state index contributed by atoms with van der Waals surface area (Å²) >= 11 is 6.00. The zero-order valence-electron chi connectivity index (χ0n) is 11.7. The average molecular weight is 300 g/mol. The van der Waals surface area contributed by atoms with E-state index in [1.807, 2.05) is 6.92 Å². The van der Waals surface area contributed by atoms with E-state index < -0.39 is 4.92 Å². The summed E-state index contributed by atoms with van der Waals surface area (Å²) in [5, 5.41) is 14.2. The molecule has 1 rings (SSSR count). The van der Waals surface area contributed by atoms with Gasteiger partial charge in [0.05, 0.1) is 11.0 Å². The number of amides is 1. The molecular weight excluding hydrogens is 282 g/mol. The van der Waals surface area contributed by atoms with Crippen LogP contribution in [0.5, 0.6) is 0 Å². The van der Waals surface area contributed by atoms with Crippen molar-refractivity contribution in [1.82, 2.24) is 10.2 Å². The Morgan fingerprint density at radius 3 is 2.75 bits per heavy atom. The number of rotatable bonds is 6. The summed E-state index contributed by atoms with van der Waals surface area (Å²) < 4.78 is 0. The highest BCUT2D eigenvalue weighted by atomic mass is 35.5. The van der Waals surface area contributed by atoms with E-state index in [2.05, 4.69) is 5.32 Å². The minimum Gasteiger partial charge on any atom is -0.345 e. The van der Waals surface area contributed by atoms with Crippen molar-refractivity contribution in [3.63, 3.8) is 0 Å². The van der Waals surface area contributed by atoms with E-state index >= 15 is 0 Å². The number of nitrogens with one attached hydrogen (secondary N) is 1. The normalized spacial score (nSPS) is 12.0. The number of non-ortho nitro benzene ring substituents is 1. The molecule has 0 saturated carbocycles. The summed E-state index contributed by atoms with van der Waals surface area (Å²) in [6.45, 7) is 4.56. The fourth-order valence-corrected chi connectivity index (χ4v) is 1.83. The van der Waals surface area contributed by atoms with Crippen LogP contribution in [0.1, 0.15) is 19.4 Å². The van der Waals surface area contributed by atoms with Crippen molar-refractivity contribution in [3.05, 3.63) is 38.9 Å². The zero-order valence-corrected chi connectivity index (χ0v) is 12.5. The predicted octanol–water partition coefficient (Wildman–Crippen LogP) is 2.20. The van der Waals surface area contributed by atoms with E-state index in [4.69, 9.17) is 11.6 Å². The third-order valence-electron chi connectivity index (χ3n) is 3.06. The van der Waals surface area contributed by atoms with Gasteiger partial charge in [0.25, 0.3) is 5.69 Å². The number of nitrogens with zero attached hydrogens (tertiary/aromatic N) is 2. The number of hydrogen-bond acceptors (Lipinski definition) is 4. The Bertz CT molecular complexity index is 508. The molecule has 0 saturated heterocycles. The first-order valence-electron chi connectivity index (χ1n) is 6.28. The van der Waals surface area contributed by atoms with Gasteiger partial charge in [0.15, 0.2) is 0 Å². The molecule has 1 N–H and O–H groups in total. The van der Waals surface area contributed by atoms with Gasteiger partial charge in [-0.3, -0.25) is 14.9 Å². The van der Waals surface area contributed by atoms with E-state index in [1.54, 1.807) is 18.9 Å². The van der Waals surface area contributed by atoms with Gasteiger partial charge in [0, 0.05) is 37.3 Å². The van der Waals surface area contributed by atoms with E-state index in [0.29, 0.717) is 23.7 Å². The van der Waals surface area contributed by atoms with E-state index in [0.717, 1.165) is 0 Å². The third-order valence-corrected chi connectivity index (χ3v) is 3.43. The summed E-state index contributed by atoms with van der Waals surface area (Å²) in [6.07, 6.45) is 0. The van der Waals surface area contributed by atoms with Crippen molar-refractivity contribution in [3.8, 4) is 0 Å². The molecule has 110 valence electrons. The second kappa shape index (κ2) is 7.21. The van der Waals surface area contributed by atoms with Gasteiger partial charge in [-0.15, -0.1) is 0 Å². The van der Waals surface area contributed by atoms with E-state index in [-0.39, 0.29) is 17.6 Å². The summed E-state index contributed by atoms with van der Waals surface area (Å²) in [4.78, 5) is 23.7. The Morgan fingerprint density at radius 1 is 1.55 bits per heavy atom. The van der Waals surface area contributed by atoms with Gasteiger partial charge in [0.2, 0.25) is 5.91 Å². The lowest BCUT2D eigenvalue weighted by Crippen LogP contribution is -2.42. The lowest BCUT2D eigenvalue weighted by Gasteiger charge is -2.20. The second-order valence-electron chi connectivity index (χ2n) is 4.49. The van der Waals surface area contributed by atoms with Crippen LogP contribution >= 0.6 is 11.6 Å². The second-order valence-corrected chi connectivity index (χ2v) is 4.90. The number of carbonyl (C=O) groups is 1. The number of hydrogen-bond donors (Lipinski definition) is 1. The zero-order chi connectivity index (χ0) is 15.3. The average Bonchev–Trinajstić information content (AvgIpc) is 2.43. The van der Waals surface area contributed by atoms with Crippen LogP contribution in [0, 0.1) is 10.1 Å². The smallest absolute Gasteiger partial charge is 0.269 e. The Morgan fingerprint density at radius 2 is 2.20 bits per heavy atom. The summed E-state index contributed by atoms with van der Waals surface area (Å²) in [5.74, 6) is -0.0333. The standard InChI is InChI=1S/C13H18ClN3O3/c1-4-16(3)13(18)9(2)15-8-10-7-11(17(19)20)5-6-12(10)14/h5-7,9,15H,4,8H2,1-3H3. The van der Waals surface area contributed by atoms with Crippen LogP contribution in [0.4, 0.5) is 5.69 Å². The summed E-state index contributed by atoms with van der Waals surface area (Å²) in [6, 6.07) is 3.87. The molecule has 0 aliphatic carbocycles. The maximum absolute atomic E-state index is 11.9. The van der Waals surface area contributed by atoms with Crippen molar-refractivity contribution in [2.45, 2.75) is 26.4 Å². The molecule has 0 aliphatic heterocycles. The minimum atomic E-state index is -0.473. The highest BCUT2D eigenvalue weighted by Gasteiger charge is 2.17. The van der Waals surface area contributed by atoms with Crippen molar-refractivity contribution in [1.29, 1.82) is 0 Å². The van der Waals surface area contributed by atoms with Crippen molar-refractivity contribution in [2.24, 2.45) is 0 Å². The van der Waals surface area contributed by atoms with E-state index in [1.165, 1.54) is 18.2 Å². The van der Waals surface area contributed by atoms with Crippen LogP contribution in [0.15, 0.2) is 18.2 Å². The molecule has 1 aromatic carbocycles. The van der Waals surface area contributed by atoms with Gasteiger partial charge in [-0.05, 0) is 25.5 Å². The Kier molecular flexibility index (Phi) is 5.91. The summed E-state index contributed by atoms with van der Waals surface area (Å²) in [7, 11) is 1.72. The number of likely N-dealkylation sites (N-methyl/N-ethyl adjacent to an activating group) is 1. The van der Waals surface area contributed by atoms with Gasteiger partial charge in [-0.2, -0.15) is 0 Å². The fourth-order valence-electron chi connectivity index (χ4n) is 1.65. The maximum Gasteiger partial charge on any atom is 0.269 e. The highest BCUT2D eigenvalue weighted by molar-refractivity contribution is 6.31. The molecule has 1 unspecified atom stereocenters. The van der Waals surface area contributed by atoms with Crippen LogP contribution in [0.3, 0.4) is 0 Å². The minimum absolute atomic E-state index is 0.0177. The van der Waals surface area contributed by atoms with Gasteiger partial charge in [-0.25, -0.2) is 0 Å². The van der Waals surface area contributed by atoms with Gasteiger partial charge in [-0.1, -0.05) is 11.6 Å². The lowest BCUT2D eigenvalue weighted by atomic mass is 10.2. The number of carbonyl (C=O) groups excluding carboxylic acids is 1. The van der Waals surface area contributed by atoms with Crippen molar-refractivity contribution in [2.75, 3.05) is 13.6 Å². The van der Waals surface area contributed by atoms with Crippen LogP contribution in [-0.2, 0) is 11.3 Å². The Hall–Kier alpha value is -1.66. The topological polar surface area (TPSA) is 75.5 Å². The third kappa shape index (κ3) is 4.18. The molecule has 1 amide bonds. The van der Waals surface area contributed by atoms with Gasteiger partial charge >= 0.3 is 0 Å². The molecule has 1 aromatic rings. The van der Waals surface area contributed by atoms with Crippen LogP contribution in [-0.4, -0.2) is 35.4 Å². The van der Waals surface area contributed by atoms with Crippen molar-refractivity contribution < 1.29 is 9.72 Å².